The van der Waals surface area contributed by atoms with E-state index < -0.39 is 29.5 Å². The highest BCUT2D eigenvalue weighted by Gasteiger charge is 2.38. The van der Waals surface area contributed by atoms with E-state index in [0.29, 0.717) is 6.42 Å². The van der Waals surface area contributed by atoms with E-state index in [1.54, 1.807) is 0 Å². The van der Waals surface area contributed by atoms with Gasteiger partial charge in [-0.2, -0.15) is 13.2 Å². The zero-order valence-electron chi connectivity index (χ0n) is 10.2. The van der Waals surface area contributed by atoms with Crippen LogP contribution in [-0.4, -0.2) is 24.3 Å². The summed E-state index contributed by atoms with van der Waals surface area (Å²) < 4.78 is 49.1. The molecule has 0 amide bonds. The van der Waals surface area contributed by atoms with Crippen LogP contribution in [0, 0.1) is 0 Å². The molecule has 1 aliphatic heterocycles. The van der Waals surface area contributed by atoms with E-state index in [-0.39, 0.29) is 24.5 Å². The summed E-state index contributed by atoms with van der Waals surface area (Å²) in [5, 5.41) is 8.89. The number of carbonyl (C=O) groups is 1. The van der Waals surface area contributed by atoms with Crippen LogP contribution < -0.4 is 15.2 Å². The Morgan fingerprint density at radius 1 is 1.25 bits per heavy atom. The molecule has 1 aromatic carbocycles. The van der Waals surface area contributed by atoms with Gasteiger partial charge in [-0.25, -0.2) is 0 Å². The first-order chi connectivity index (χ1) is 9.32. The molecule has 3 N–H and O–H groups in total. The van der Waals surface area contributed by atoms with Gasteiger partial charge < -0.3 is 20.3 Å². The van der Waals surface area contributed by atoms with Gasteiger partial charge in [-0.05, 0) is 6.07 Å². The summed E-state index contributed by atoms with van der Waals surface area (Å²) in [6, 6.07) is 0.286. The van der Waals surface area contributed by atoms with Gasteiger partial charge in [0.2, 0.25) is 0 Å². The summed E-state index contributed by atoms with van der Waals surface area (Å²) in [7, 11) is 0. The molecule has 0 bridgehead atoms. The first-order valence-electron chi connectivity index (χ1n) is 5.80. The number of ether oxygens (including phenoxy) is 2. The molecule has 1 atom stereocenters. The van der Waals surface area contributed by atoms with Crippen LogP contribution in [0.4, 0.5) is 13.2 Å². The van der Waals surface area contributed by atoms with Crippen molar-refractivity contribution >= 4 is 5.97 Å². The van der Waals surface area contributed by atoms with Gasteiger partial charge in [-0.1, -0.05) is 6.07 Å². The van der Waals surface area contributed by atoms with Gasteiger partial charge in [-0.3, -0.25) is 4.79 Å². The summed E-state index contributed by atoms with van der Waals surface area (Å²) in [5.41, 5.74) is 4.41. The summed E-state index contributed by atoms with van der Waals surface area (Å²) >= 11 is 0. The first-order valence-corrected chi connectivity index (χ1v) is 5.80. The Labute approximate surface area is 112 Å². The Balaban J connectivity index is 2.60. The molecule has 0 aliphatic carbocycles. The zero-order valence-corrected chi connectivity index (χ0v) is 10.2. The third-order valence-electron chi connectivity index (χ3n) is 2.83. The molecule has 1 heterocycles. The monoisotopic (exact) mass is 291 g/mol. The number of nitrogens with two attached hydrogens (primary N) is 1. The third kappa shape index (κ3) is 2.64. The zero-order chi connectivity index (χ0) is 14.9. The fourth-order valence-electron chi connectivity index (χ4n) is 1.88. The smallest absolute Gasteiger partial charge is 0.420 e. The summed E-state index contributed by atoms with van der Waals surface area (Å²) in [6.07, 6.45) is -4.22. The fraction of sp³-hybridized carbons (Fsp3) is 0.417. The van der Waals surface area contributed by atoms with Gasteiger partial charge in [-0.15, -0.1) is 0 Å². The van der Waals surface area contributed by atoms with Gasteiger partial charge >= 0.3 is 12.1 Å². The minimum atomic E-state index is -4.62. The van der Waals surface area contributed by atoms with Crippen LogP contribution in [0.25, 0.3) is 0 Å². The Bertz CT molecular complexity index is 530. The second kappa shape index (κ2) is 5.20. The molecule has 8 heteroatoms. The topological polar surface area (TPSA) is 81.8 Å². The molecular formula is C12H12F3NO4. The van der Waals surface area contributed by atoms with Crippen molar-refractivity contribution in [1.82, 2.24) is 0 Å². The number of carboxylic acids is 1. The van der Waals surface area contributed by atoms with E-state index in [4.69, 9.17) is 20.3 Å². The average Bonchev–Trinajstić information content (AvgIpc) is 2.60. The van der Waals surface area contributed by atoms with Crippen LogP contribution in [0.3, 0.4) is 0 Å². The van der Waals surface area contributed by atoms with Crippen molar-refractivity contribution in [2.75, 3.05) is 13.2 Å². The fourth-order valence-corrected chi connectivity index (χ4v) is 1.88. The number of aliphatic carboxylic acids is 1. The number of carboxylic acid groups (broad SMARTS) is 1. The summed E-state index contributed by atoms with van der Waals surface area (Å²) in [6.45, 7) is 0.190. The minimum Gasteiger partial charge on any atom is -0.489 e. The van der Waals surface area contributed by atoms with Crippen LogP contribution in [0.5, 0.6) is 11.5 Å². The molecule has 0 spiro atoms. The number of hydrogen-bond donors (Lipinski definition) is 2. The molecule has 0 fully saturated rings. The molecule has 1 unspecified atom stereocenters. The molecule has 0 radical (unpaired) electrons. The highest BCUT2D eigenvalue weighted by Crippen LogP contribution is 2.45. The first kappa shape index (κ1) is 14.4. The van der Waals surface area contributed by atoms with Crippen LogP contribution in [0.15, 0.2) is 12.1 Å². The van der Waals surface area contributed by atoms with Gasteiger partial charge in [0, 0.05) is 12.0 Å². The Hall–Kier alpha value is -1.96. The number of benzene rings is 1. The lowest BCUT2D eigenvalue weighted by atomic mass is 10.0. The second-order valence-electron chi connectivity index (χ2n) is 4.22. The standard InChI is InChI=1S/C12H12F3NO4/c13-12(14,15)7-3-2-6(8(16)11(17)18)9-10(7)20-5-1-4-19-9/h2-3,8H,1,4-5,16H2,(H,17,18). The van der Waals surface area contributed by atoms with E-state index in [1.165, 1.54) is 0 Å². The molecule has 110 valence electrons. The average molecular weight is 291 g/mol. The number of halogens is 3. The van der Waals surface area contributed by atoms with Crippen LogP contribution >= 0.6 is 0 Å². The normalized spacial score (nSPS) is 16.4. The van der Waals surface area contributed by atoms with Crippen LogP contribution in [-0.2, 0) is 11.0 Å². The number of hydrogen-bond acceptors (Lipinski definition) is 4. The van der Waals surface area contributed by atoms with Gasteiger partial charge in [0.25, 0.3) is 0 Å². The maximum atomic E-state index is 12.9. The van der Waals surface area contributed by atoms with E-state index in [9.17, 15) is 18.0 Å². The second-order valence-corrected chi connectivity index (χ2v) is 4.22. The number of alkyl halides is 3. The lowest BCUT2D eigenvalue weighted by Crippen LogP contribution is -2.22. The number of rotatable bonds is 2. The van der Waals surface area contributed by atoms with Gasteiger partial charge in [0.1, 0.15) is 11.6 Å². The molecule has 1 aliphatic rings. The highest BCUT2D eigenvalue weighted by molar-refractivity contribution is 5.77. The number of fused-ring (bicyclic) bond motifs is 1. The molecule has 20 heavy (non-hydrogen) atoms. The van der Waals surface area contributed by atoms with E-state index in [1.807, 2.05) is 0 Å². The van der Waals surface area contributed by atoms with Crippen molar-refractivity contribution < 1.29 is 32.5 Å². The van der Waals surface area contributed by atoms with E-state index in [0.717, 1.165) is 12.1 Å². The predicted molar refractivity (Wildman–Crippen MR) is 61.6 cm³/mol. The molecule has 1 aromatic rings. The van der Waals surface area contributed by atoms with Gasteiger partial charge in [0.05, 0.1) is 13.2 Å². The lowest BCUT2D eigenvalue weighted by molar-refractivity contribution is -0.139. The van der Waals surface area contributed by atoms with Crippen molar-refractivity contribution in [1.29, 1.82) is 0 Å². The maximum absolute atomic E-state index is 12.9. The highest BCUT2D eigenvalue weighted by atomic mass is 19.4. The molecule has 2 rings (SSSR count). The Morgan fingerprint density at radius 2 is 1.85 bits per heavy atom. The minimum absolute atomic E-state index is 0.0394. The molecule has 0 aromatic heterocycles. The van der Waals surface area contributed by atoms with Crippen molar-refractivity contribution in [2.45, 2.75) is 18.6 Å². The van der Waals surface area contributed by atoms with Crippen molar-refractivity contribution in [2.24, 2.45) is 5.73 Å². The van der Waals surface area contributed by atoms with E-state index >= 15 is 0 Å². The summed E-state index contributed by atoms with van der Waals surface area (Å²) in [4.78, 5) is 10.9. The molecule has 0 saturated carbocycles. The van der Waals surface area contributed by atoms with Crippen molar-refractivity contribution in [3.63, 3.8) is 0 Å². The Morgan fingerprint density at radius 3 is 2.40 bits per heavy atom. The van der Waals surface area contributed by atoms with Crippen molar-refractivity contribution in [3.8, 4) is 11.5 Å². The summed E-state index contributed by atoms with van der Waals surface area (Å²) in [5.74, 6) is -2.10. The van der Waals surface area contributed by atoms with Crippen LogP contribution in [0.2, 0.25) is 0 Å². The van der Waals surface area contributed by atoms with E-state index in [2.05, 4.69) is 0 Å². The SMILES string of the molecule is NC(C(=O)O)c1ccc(C(F)(F)F)c2c1OCCCO2. The molecule has 5 nitrogen and oxygen atoms in total. The molecular weight excluding hydrogens is 279 g/mol. The van der Waals surface area contributed by atoms with Crippen molar-refractivity contribution in [3.05, 3.63) is 23.3 Å². The predicted octanol–water partition coefficient (Wildman–Crippen LogP) is 1.95. The quantitative estimate of drug-likeness (QED) is 0.870. The third-order valence-corrected chi connectivity index (χ3v) is 2.83. The lowest BCUT2D eigenvalue weighted by Gasteiger charge is -2.19. The molecule has 0 saturated heterocycles. The van der Waals surface area contributed by atoms with Crippen LogP contribution in [0.1, 0.15) is 23.6 Å². The largest absolute Gasteiger partial charge is 0.489 e. The van der Waals surface area contributed by atoms with Gasteiger partial charge in [0.15, 0.2) is 11.5 Å². The maximum Gasteiger partial charge on any atom is 0.420 e. The Kier molecular flexibility index (Phi) is 3.76.